The summed E-state index contributed by atoms with van der Waals surface area (Å²) in [4.78, 5) is 24.8. The average Bonchev–Trinajstić information content (AvgIpc) is 3.68. The molecule has 0 aliphatic rings. The Morgan fingerprint density at radius 1 is 0.683 bits per heavy atom. The first kappa shape index (κ1) is 29.5. The van der Waals surface area contributed by atoms with Crippen LogP contribution in [-0.4, -0.2) is 63.4 Å². The van der Waals surface area contributed by atoms with Crippen molar-refractivity contribution in [3.8, 4) is 0 Å². The zero-order valence-electron chi connectivity index (χ0n) is 23.4. The molecule has 0 fully saturated rings. The number of rotatable bonds is 15. The Morgan fingerprint density at radius 2 is 1.12 bits per heavy atom. The van der Waals surface area contributed by atoms with E-state index in [2.05, 4.69) is 41.2 Å². The normalized spacial score (nSPS) is 15.9. The van der Waals surface area contributed by atoms with Crippen LogP contribution in [0, 0.1) is 23.7 Å². The lowest BCUT2D eigenvalue weighted by Crippen LogP contribution is -2.31. The molecule has 0 aliphatic carbocycles. The molecule has 0 bridgehead atoms. The highest BCUT2D eigenvalue weighted by Crippen LogP contribution is 2.35. The average molecular weight is 561 g/mol. The lowest BCUT2D eigenvalue weighted by atomic mass is 9.76. The van der Waals surface area contributed by atoms with E-state index in [1.165, 1.54) is 0 Å². The highest BCUT2D eigenvalue weighted by atomic mass is 16.4. The minimum Gasteiger partial charge on any atom is -0.481 e. The summed E-state index contributed by atoms with van der Waals surface area (Å²) < 4.78 is 0. The fourth-order valence-electron chi connectivity index (χ4n) is 5.72. The topological polar surface area (TPSA) is 184 Å². The Morgan fingerprint density at radius 3 is 1.54 bits per heavy atom. The SMILES string of the molecule is CCC(C)C(C(=O)O)C(Cc1ccc(CC(C)C(C(=O)O)C(Cc2ccccc2)c2nn[nH]n2)cc1)c1nn[nH]n1. The Labute approximate surface area is 238 Å². The third-order valence-corrected chi connectivity index (χ3v) is 8.03. The van der Waals surface area contributed by atoms with E-state index >= 15 is 0 Å². The predicted octanol–water partition coefficient (Wildman–Crippen LogP) is 3.69. The highest BCUT2D eigenvalue weighted by Gasteiger charge is 2.38. The molecule has 0 amide bonds. The smallest absolute Gasteiger partial charge is 0.307 e. The van der Waals surface area contributed by atoms with E-state index in [9.17, 15) is 19.8 Å². The Balaban J connectivity index is 1.52. The van der Waals surface area contributed by atoms with Crippen molar-refractivity contribution in [1.82, 2.24) is 41.2 Å². The van der Waals surface area contributed by atoms with E-state index in [0.29, 0.717) is 37.3 Å². The summed E-state index contributed by atoms with van der Waals surface area (Å²) in [7, 11) is 0. The molecule has 0 spiro atoms. The maximum atomic E-state index is 12.6. The zero-order chi connectivity index (χ0) is 29.4. The second-order valence-electron chi connectivity index (χ2n) is 10.8. The van der Waals surface area contributed by atoms with Gasteiger partial charge in [0.15, 0.2) is 11.6 Å². The number of benzene rings is 2. The number of hydrogen-bond acceptors (Lipinski definition) is 8. The van der Waals surface area contributed by atoms with Crippen LogP contribution < -0.4 is 0 Å². The van der Waals surface area contributed by atoms with E-state index in [1.807, 2.05) is 75.4 Å². The van der Waals surface area contributed by atoms with Crippen LogP contribution in [0.4, 0.5) is 0 Å². The number of aromatic nitrogens is 8. The third-order valence-electron chi connectivity index (χ3n) is 8.03. The quantitative estimate of drug-likeness (QED) is 0.167. The fraction of sp³-hybridized carbons (Fsp3) is 0.448. The van der Waals surface area contributed by atoms with Gasteiger partial charge in [-0.2, -0.15) is 10.4 Å². The van der Waals surface area contributed by atoms with E-state index < -0.39 is 35.6 Å². The lowest BCUT2D eigenvalue weighted by molar-refractivity contribution is -0.145. The number of carboxylic acid groups (broad SMARTS) is 2. The van der Waals surface area contributed by atoms with Crippen molar-refractivity contribution in [2.75, 3.05) is 0 Å². The molecule has 12 heteroatoms. The summed E-state index contributed by atoms with van der Waals surface area (Å²) in [6.07, 6.45) is 2.14. The van der Waals surface area contributed by atoms with Gasteiger partial charge in [-0.25, -0.2) is 0 Å². The molecule has 0 radical (unpaired) electrons. The van der Waals surface area contributed by atoms with Crippen LogP contribution in [0.25, 0.3) is 0 Å². The van der Waals surface area contributed by atoms with E-state index in [4.69, 9.17) is 0 Å². The zero-order valence-corrected chi connectivity index (χ0v) is 23.4. The molecule has 0 aliphatic heterocycles. The highest BCUT2D eigenvalue weighted by molar-refractivity contribution is 5.72. The van der Waals surface area contributed by atoms with Crippen molar-refractivity contribution >= 4 is 11.9 Å². The van der Waals surface area contributed by atoms with Crippen LogP contribution in [0.1, 0.15) is 67.4 Å². The van der Waals surface area contributed by atoms with Crippen molar-refractivity contribution in [2.45, 2.75) is 58.3 Å². The van der Waals surface area contributed by atoms with Gasteiger partial charge in [-0.15, -0.1) is 20.4 Å². The summed E-state index contributed by atoms with van der Waals surface area (Å²) in [5.41, 5.74) is 2.92. The Hall–Kier alpha value is -4.48. The van der Waals surface area contributed by atoms with Crippen LogP contribution >= 0.6 is 0 Å². The molecule has 4 rings (SSSR count). The monoisotopic (exact) mass is 560 g/mol. The van der Waals surface area contributed by atoms with E-state index in [0.717, 1.165) is 16.7 Å². The van der Waals surface area contributed by atoms with E-state index in [1.54, 1.807) is 0 Å². The van der Waals surface area contributed by atoms with Crippen molar-refractivity contribution in [3.05, 3.63) is 82.9 Å². The molecule has 41 heavy (non-hydrogen) atoms. The van der Waals surface area contributed by atoms with Crippen molar-refractivity contribution in [3.63, 3.8) is 0 Å². The number of aliphatic carboxylic acids is 2. The van der Waals surface area contributed by atoms with E-state index in [-0.39, 0.29) is 11.8 Å². The van der Waals surface area contributed by atoms with Crippen LogP contribution in [-0.2, 0) is 28.9 Å². The minimum absolute atomic E-state index is 0.0767. The van der Waals surface area contributed by atoms with Gasteiger partial charge in [0.1, 0.15) is 0 Å². The van der Waals surface area contributed by atoms with Crippen molar-refractivity contribution < 1.29 is 19.8 Å². The molecular weight excluding hydrogens is 524 g/mol. The van der Waals surface area contributed by atoms with Gasteiger partial charge in [-0.3, -0.25) is 9.59 Å². The van der Waals surface area contributed by atoms with Crippen LogP contribution in [0.15, 0.2) is 54.6 Å². The number of nitrogens with one attached hydrogen (secondary N) is 2. The third kappa shape index (κ3) is 7.38. The van der Waals surface area contributed by atoms with Crippen LogP contribution in [0.3, 0.4) is 0 Å². The van der Waals surface area contributed by atoms with Gasteiger partial charge in [0.05, 0.1) is 11.8 Å². The molecule has 2 aromatic heterocycles. The fourth-order valence-corrected chi connectivity index (χ4v) is 5.72. The number of nitrogens with zero attached hydrogens (tertiary/aromatic N) is 6. The number of carboxylic acids is 2. The molecule has 4 aromatic rings. The van der Waals surface area contributed by atoms with Crippen molar-refractivity contribution in [1.29, 1.82) is 0 Å². The maximum Gasteiger partial charge on any atom is 0.307 e. The first-order valence-electron chi connectivity index (χ1n) is 13.8. The number of H-pyrrole nitrogens is 2. The number of aromatic amines is 2. The van der Waals surface area contributed by atoms with Gasteiger partial charge in [-0.05, 0) is 47.8 Å². The summed E-state index contributed by atoms with van der Waals surface area (Å²) >= 11 is 0. The predicted molar refractivity (Wildman–Crippen MR) is 149 cm³/mol. The number of tetrazole rings is 2. The number of carbonyl (C=O) groups is 2. The Bertz CT molecular complexity index is 1360. The molecule has 0 saturated carbocycles. The molecular formula is C29H36N8O4. The number of hydrogen-bond donors (Lipinski definition) is 4. The first-order valence-corrected chi connectivity index (χ1v) is 13.8. The van der Waals surface area contributed by atoms with Crippen LogP contribution in [0.5, 0.6) is 0 Å². The molecule has 6 atom stereocenters. The molecule has 2 aromatic carbocycles. The van der Waals surface area contributed by atoms with Gasteiger partial charge >= 0.3 is 11.9 Å². The molecule has 4 N–H and O–H groups in total. The first-order chi connectivity index (χ1) is 19.8. The molecule has 216 valence electrons. The van der Waals surface area contributed by atoms with Crippen molar-refractivity contribution in [2.24, 2.45) is 23.7 Å². The van der Waals surface area contributed by atoms with Gasteiger partial charge in [-0.1, -0.05) is 92.2 Å². The molecule has 6 unspecified atom stereocenters. The second kappa shape index (κ2) is 13.7. The second-order valence-corrected chi connectivity index (χ2v) is 10.8. The Kier molecular flexibility index (Phi) is 9.88. The minimum atomic E-state index is -0.910. The lowest BCUT2D eigenvalue weighted by Gasteiger charge is -2.27. The summed E-state index contributed by atoms with van der Waals surface area (Å²) in [6.45, 7) is 5.83. The van der Waals surface area contributed by atoms with Gasteiger partial charge in [0.2, 0.25) is 0 Å². The van der Waals surface area contributed by atoms with Gasteiger partial charge < -0.3 is 10.2 Å². The molecule has 2 heterocycles. The summed E-state index contributed by atoms with van der Waals surface area (Å²) in [5, 5.41) is 49.1. The molecule has 12 nitrogen and oxygen atoms in total. The largest absolute Gasteiger partial charge is 0.481 e. The maximum absolute atomic E-state index is 12.6. The summed E-state index contributed by atoms with van der Waals surface area (Å²) in [6, 6.07) is 17.6. The summed E-state index contributed by atoms with van der Waals surface area (Å²) in [5.74, 6) is -3.67. The van der Waals surface area contributed by atoms with Gasteiger partial charge in [0.25, 0.3) is 0 Å². The van der Waals surface area contributed by atoms with Gasteiger partial charge in [0, 0.05) is 11.8 Å². The molecule has 0 saturated heterocycles. The van der Waals surface area contributed by atoms with Crippen LogP contribution in [0.2, 0.25) is 0 Å². The standard InChI is InChI=1S/C29H36N8O4/c1-4-17(2)24(28(38)39)22(26-30-34-35-31-26)16-21-12-10-20(11-13-21)14-18(3)25(29(40)41)23(27-32-36-37-33-27)15-19-8-6-5-7-9-19/h5-13,17-18,22-25H,4,14-16H2,1-3H3,(H,38,39)(H,40,41)(H,30,31,34,35)(H,32,33,36,37).